The van der Waals surface area contributed by atoms with E-state index >= 15 is 0 Å². The van der Waals surface area contributed by atoms with E-state index in [4.69, 9.17) is 4.74 Å². The van der Waals surface area contributed by atoms with E-state index in [1.807, 2.05) is 29.2 Å². The van der Waals surface area contributed by atoms with E-state index in [0.717, 1.165) is 31.8 Å². The van der Waals surface area contributed by atoms with Crippen molar-refractivity contribution < 1.29 is 9.53 Å². The number of aryl methyl sites for hydroxylation is 1. The third-order valence-electron chi connectivity index (χ3n) is 4.51. The molecule has 2 aromatic carbocycles. The molecule has 1 amide bonds. The molecule has 1 heterocycles. The van der Waals surface area contributed by atoms with Gasteiger partial charge in [-0.05, 0) is 49.6 Å². The number of ether oxygens (including phenoxy) is 1. The highest BCUT2D eigenvalue weighted by Gasteiger charge is 2.14. The van der Waals surface area contributed by atoms with Crippen LogP contribution in [-0.2, 0) is 6.42 Å². The summed E-state index contributed by atoms with van der Waals surface area (Å²) in [6.45, 7) is 7.80. The van der Waals surface area contributed by atoms with Crippen molar-refractivity contribution in [2.24, 2.45) is 0 Å². The van der Waals surface area contributed by atoms with E-state index < -0.39 is 0 Å². The quantitative estimate of drug-likeness (QED) is 0.469. The number of hydrogen-bond donors (Lipinski definition) is 0. The fourth-order valence-electron chi connectivity index (χ4n) is 3.04. The van der Waals surface area contributed by atoms with Crippen molar-refractivity contribution in [3.05, 3.63) is 71.0 Å². The first-order chi connectivity index (χ1) is 14.1. The van der Waals surface area contributed by atoms with Gasteiger partial charge in [-0.1, -0.05) is 43.7 Å². The number of carbonyl (C=O) groups is 1. The van der Waals surface area contributed by atoms with Gasteiger partial charge in [-0.15, -0.1) is 0 Å². The second kappa shape index (κ2) is 10.2. The molecule has 0 radical (unpaired) electrons. The van der Waals surface area contributed by atoms with E-state index in [-0.39, 0.29) is 5.91 Å². The minimum absolute atomic E-state index is 0.0662. The summed E-state index contributed by atoms with van der Waals surface area (Å²) in [6, 6.07) is 15.6. The number of benzene rings is 2. The smallest absolute Gasteiger partial charge is 0.298 e. The van der Waals surface area contributed by atoms with E-state index in [0.29, 0.717) is 22.9 Å². The highest BCUT2D eigenvalue weighted by atomic mass is 32.1. The zero-order valence-corrected chi connectivity index (χ0v) is 18.0. The molecule has 0 spiro atoms. The maximum Gasteiger partial charge on any atom is 0.298 e. The average molecular weight is 410 g/mol. The third-order valence-corrected chi connectivity index (χ3v) is 5.15. The molecule has 0 aliphatic rings. The molecule has 1 aromatic heterocycles. The molecule has 5 nitrogen and oxygen atoms in total. The second-order valence-corrected chi connectivity index (χ2v) is 7.77. The Hall–Kier alpha value is -2.73. The zero-order chi connectivity index (χ0) is 20.6. The van der Waals surface area contributed by atoms with Crippen LogP contribution in [0.25, 0.3) is 0 Å². The van der Waals surface area contributed by atoms with Crippen LogP contribution < -0.4 is 4.74 Å². The van der Waals surface area contributed by atoms with Crippen molar-refractivity contribution in [3.63, 3.8) is 0 Å². The van der Waals surface area contributed by atoms with Crippen LogP contribution in [0.1, 0.15) is 54.0 Å². The van der Waals surface area contributed by atoms with E-state index in [9.17, 15) is 4.79 Å². The predicted molar refractivity (Wildman–Crippen MR) is 117 cm³/mol. The van der Waals surface area contributed by atoms with Gasteiger partial charge in [-0.2, -0.15) is 9.36 Å². The Balaban J connectivity index is 1.62. The molecule has 0 fully saturated rings. The lowest BCUT2D eigenvalue weighted by molar-refractivity contribution is 0.0755. The summed E-state index contributed by atoms with van der Waals surface area (Å²) >= 11 is 1.24. The van der Waals surface area contributed by atoms with Crippen LogP contribution in [0.4, 0.5) is 0 Å². The summed E-state index contributed by atoms with van der Waals surface area (Å²) in [7, 11) is 0. The van der Waals surface area contributed by atoms with Gasteiger partial charge in [0.15, 0.2) is 5.82 Å². The first-order valence-electron chi connectivity index (χ1n) is 10.0. The Kier molecular flexibility index (Phi) is 7.36. The van der Waals surface area contributed by atoms with Crippen molar-refractivity contribution >= 4 is 17.4 Å². The molecule has 0 bridgehead atoms. The van der Waals surface area contributed by atoms with Crippen LogP contribution in [-0.4, -0.2) is 33.3 Å². The van der Waals surface area contributed by atoms with Crippen molar-refractivity contribution in [1.29, 1.82) is 0 Å². The number of amides is 1. The first-order valence-corrected chi connectivity index (χ1v) is 10.8. The van der Waals surface area contributed by atoms with Crippen molar-refractivity contribution in [1.82, 2.24) is 14.3 Å². The van der Waals surface area contributed by atoms with Crippen LogP contribution in [0.2, 0.25) is 0 Å². The Morgan fingerprint density at radius 2 is 1.66 bits per heavy atom. The van der Waals surface area contributed by atoms with Gasteiger partial charge in [0.05, 0.1) is 0 Å². The third kappa shape index (κ3) is 5.87. The van der Waals surface area contributed by atoms with Gasteiger partial charge >= 0.3 is 0 Å². The molecule has 152 valence electrons. The Bertz CT molecular complexity index is 914. The van der Waals surface area contributed by atoms with Crippen molar-refractivity contribution in [3.8, 4) is 10.9 Å². The molecule has 3 aromatic rings. The molecule has 3 rings (SSSR count). The lowest BCUT2D eigenvalue weighted by Crippen LogP contribution is -2.32. The Morgan fingerprint density at radius 3 is 2.28 bits per heavy atom. The Morgan fingerprint density at radius 1 is 1.00 bits per heavy atom. The summed E-state index contributed by atoms with van der Waals surface area (Å²) in [6.07, 6.45) is 2.59. The largest absolute Gasteiger partial charge is 0.430 e. The summed E-state index contributed by atoms with van der Waals surface area (Å²) in [5.74, 6) is 1.46. The van der Waals surface area contributed by atoms with Crippen molar-refractivity contribution in [2.75, 3.05) is 13.1 Å². The monoisotopic (exact) mass is 409 g/mol. The molecule has 0 atom stereocenters. The second-order valence-electron chi connectivity index (χ2n) is 7.06. The molecule has 0 N–H and O–H groups in total. The van der Waals surface area contributed by atoms with Crippen LogP contribution >= 0.6 is 11.5 Å². The van der Waals surface area contributed by atoms with Gasteiger partial charge in [0, 0.05) is 36.6 Å². The lowest BCUT2D eigenvalue weighted by Gasteiger charge is -2.21. The van der Waals surface area contributed by atoms with Gasteiger partial charge in [0.25, 0.3) is 11.1 Å². The van der Waals surface area contributed by atoms with E-state index in [1.54, 1.807) is 0 Å². The Labute approximate surface area is 176 Å². The summed E-state index contributed by atoms with van der Waals surface area (Å²) in [5, 5.41) is 0.504. The molecule has 0 aliphatic heterocycles. The number of aromatic nitrogens is 2. The summed E-state index contributed by atoms with van der Waals surface area (Å²) in [5.41, 5.74) is 3.08. The van der Waals surface area contributed by atoms with Gasteiger partial charge in [0.2, 0.25) is 0 Å². The highest BCUT2D eigenvalue weighted by molar-refractivity contribution is 7.07. The van der Waals surface area contributed by atoms with E-state index in [1.165, 1.54) is 22.7 Å². The number of rotatable bonds is 9. The molecule has 0 aliphatic carbocycles. The van der Waals surface area contributed by atoms with Crippen LogP contribution in [0.15, 0.2) is 48.5 Å². The maximum atomic E-state index is 12.7. The molecular formula is C23H27N3O2S. The number of hydrogen-bond acceptors (Lipinski definition) is 5. The van der Waals surface area contributed by atoms with Crippen LogP contribution in [0.5, 0.6) is 10.9 Å². The zero-order valence-electron chi connectivity index (χ0n) is 17.2. The minimum Gasteiger partial charge on any atom is -0.430 e. The fourth-order valence-corrected chi connectivity index (χ4v) is 3.61. The SMILES string of the molecule is CCCN(CCC)C(=O)c1ccc(Oc2nc(Cc3ccc(C)cc3)ns2)cc1. The molecular weight excluding hydrogens is 382 g/mol. The predicted octanol–water partition coefficient (Wildman–Crippen LogP) is 5.49. The average Bonchev–Trinajstić information content (AvgIpc) is 3.16. The minimum atomic E-state index is 0.0662. The normalized spacial score (nSPS) is 10.7. The first kappa shape index (κ1) is 21.0. The maximum absolute atomic E-state index is 12.7. The number of nitrogens with zero attached hydrogens (tertiary/aromatic N) is 3. The van der Waals surface area contributed by atoms with Gasteiger partial charge in [-0.3, -0.25) is 4.79 Å². The highest BCUT2D eigenvalue weighted by Crippen LogP contribution is 2.24. The van der Waals surface area contributed by atoms with Crippen LogP contribution in [0.3, 0.4) is 0 Å². The molecule has 0 unspecified atom stereocenters. The van der Waals surface area contributed by atoms with E-state index in [2.05, 4.69) is 54.4 Å². The summed E-state index contributed by atoms with van der Waals surface area (Å²) < 4.78 is 10.2. The molecule has 6 heteroatoms. The standard InChI is InChI=1S/C23H27N3O2S/c1-4-14-26(15-5-2)22(27)19-10-12-20(13-11-19)28-23-24-21(25-29-23)16-18-8-6-17(3)7-9-18/h6-13H,4-5,14-16H2,1-3H3. The van der Waals surface area contributed by atoms with Gasteiger partial charge in [0.1, 0.15) is 5.75 Å². The van der Waals surface area contributed by atoms with Crippen molar-refractivity contribution in [2.45, 2.75) is 40.0 Å². The molecule has 0 saturated carbocycles. The number of carbonyl (C=O) groups excluding carboxylic acids is 1. The molecule has 29 heavy (non-hydrogen) atoms. The lowest BCUT2D eigenvalue weighted by atomic mass is 10.1. The fraction of sp³-hybridized carbons (Fsp3) is 0.348. The topological polar surface area (TPSA) is 55.3 Å². The summed E-state index contributed by atoms with van der Waals surface area (Å²) in [4.78, 5) is 19.0. The van der Waals surface area contributed by atoms with Gasteiger partial charge in [-0.25, -0.2) is 0 Å². The van der Waals surface area contributed by atoms with Crippen LogP contribution in [0, 0.1) is 6.92 Å². The molecule has 0 saturated heterocycles. The van der Waals surface area contributed by atoms with Gasteiger partial charge < -0.3 is 9.64 Å².